The Morgan fingerprint density at radius 1 is 0.841 bits per heavy atom. The van der Waals surface area contributed by atoms with E-state index in [0.717, 1.165) is 57.5 Å². The molecule has 0 aliphatic carbocycles. The van der Waals surface area contributed by atoms with Crippen LogP contribution in [0, 0.1) is 0 Å². The van der Waals surface area contributed by atoms with E-state index >= 15 is 0 Å². The highest BCUT2D eigenvalue weighted by Gasteiger charge is 2.09. The largest absolute Gasteiger partial charge is 0.494 e. The van der Waals surface area contributed by atoms with E-state index in [9.17, 15) is 9.59 Å². The van der Waals surface area contributed by atoms with Crippen molar-refractivity contribution in [3.63, 3.8) is 0 Å². The second kappa shape index (κ2) is 16.8. The monoisotopic (exact) mass is 632 g/mol. The van der Waals surface area contributed by atoms with Crippen LogP contribution in [0.15, 0.2) is 100 Å². The number of likely N-dealkylation sites (N-methyl/N-ethyl adjacent to an activating group) is 1. The van der Waals surface area contributed by atoms with Crippen LogP contribution in [0.5, 0.6) is 5.75 Å². The lowest BCUT2D eigenvalue weighted by Crippen LogP contribution is -2.27. The molecule has 44 heavy (non-hydrogen) atoms. The molecule has 0 saturated heterocycles. The molecule has 11 nitrogen and oxygen atoms in total. The summed E-state index contributed by atoms with van der Waals surface area (Å²) in [6.45, 7) is 11.3. The molecule has 0 aliphatic rings. The van der Waals surface area contributed by atoms with Crippen LogP contribution in [0.3, 0.4) is 0 Å². The van der Waals surface area contributed by atoms with Gasteiger partial charge in [-0.05, 0) is 74.4 Å². The van der Waals surface area contributed by atoms with Crippen molar-refractivity contribution in [1.29, 1.82) is 0 Å². The van der Waals surface area contributed by atoms with E-state index in [4.69, 9.17) is 14.2 Å². The number of carbonyl (C=O) groups is 2. The number of thiazole rings is 1. The maximum atomic E-state index is 11.3. The molecule has 0 spiro atoms. The summed E-state index contributed by atoms with van der Waals surface area (Å²) >= 11 is 2.87. The third kappa shape index (κ3) is 9.92. The van der Waals surface area contributed by atoms with E-state index in [1.165, 1.54) is 22.7 Å². The highest BCUT2D eigenvalue weighted by Crippen LogP contribution is 2.39. The van der Waals surface area contributed by atoms with E-state index in [1.807, 2.05) is 61.5 Å². The molecule has 4 aromatic rings. The van der Waals surface area contributed by atoms with Gasteiger partial charge in [-0.25, -0.2) is 14.6 Å². The van der Waals surface area contributed by atoms with E-state index in [-0.39, 0.29) is 6.61 Å². The van der Waals surface area contributed by atoms with Crippen molar-refractivity contribution in [1.82, 2.24) is 4.98 Å². The fourth-order valence-corrected chi connectivity index (χ4v) is 5.61. The van der Waals surface area contributed by atoms with Crippen molar-refractivity contribution in [2.24, 2.45) is 20.5 Å². The van der Waals surface area contributed by atoms with Crippen molar-refractivity contribution in [2.45, 2.75) is 19.8 Å². The predicted octanol–water partition coefficient (Wildman–Crippen LogP) is 8.63. The summed E-state index contributed by atoms with van der Waals surface area (Å²) in [7, 11) is 0. The minimum absolute atomic E-state index is 0.286. The Hall–Kier alpha value is -4.75. The molecular weight excluding hydrogens is 601 g/mol. The average molecular weight is 633 g/mol. The molecule has 0 amide bonds. The van der Waals surface area contributed by atoms with Crippen LogP contribution in [0.25, 0.3) is 9.53 Å². The van der Waals surface area contributed by atoms with Gasteiger partial charge < -0.3 is 19.1 Å². The van der Waals surface area contributed by atoms with Gasteiger partial charge in [-0.3, -0.25) is 0 Å². The number of nitrogens with zero attached hydrogens (tertiary/aromatic N) is 6. The fourth-order valence-electron chi connectivity index (χ4n) is 3.76. The number of esters is 2. The molecule has 2 aromatic carbocycles. The van der Waals surface area contributed by atoms with Gasteiger partial charge in [0.15, 0.2) is 0 Å². The minimum Gasteiger partial charge on any atom is -0.494 e. The SMILES string of the molecule is C=CC(=O)OCCCCOc1ccc(N=Nc2cc3sc(N=Nc4ccc(N(CC)CCOC(=O)C=C)cc4)nc3s2)cc1. The van der Waals surface area contributed by atoms with Crippen molar-refractivity contribution < 1.29 is 23.8 Å². The zero-order chi connectivity index (χ0) is 31.1. The number of anilines is 1. The van der Waals surface area contributed by atoms with E-state index in [2.05, 4.69) is 43.5 Å². The Balaban J connectivity index is 1.24. The molecule has 0 fully saturated rings. The van der Waals surface area contributed by atoms with Gasteiger partial charge in [0.1, 0.15) is 22.2 Å². The van der Waals surface area contributed by atoms with Crippen molar-refractivity contribution in [3.05, 3.63) is 79.9 Å². The highest BCUT2D eigenvalue weighted by atomic mass is 32.1. The number of hydrogen-bond acceptors (Lipinski definition) is 13. The molecule has 2 aromatic heterocycles. The molecule has 13 heteroatoms. The van der Waals surface area contributed by atoms with Crippen molar-refractivity contribution in [2.75, 3.05) is 37.8 Å². The number of hydrogen-bond donors (Lipinski definition) is 0. The number of ether oxygens (including phenoxy) is 3. The summed E-state index contributed by atoms with van der Waals surface area (Å²) in [6, 6.07) is 17.0. The first-order valence-electron chi connectivity index (χ1n) is 13.9. The predicted molar refractivity (Wildman–Crippen MR) is 174 cm³/mol. The second-order valence-corrected chi connectivity index (χ2v) is 11.1. The summed E-state index contributed by atoms with van der Waals surface area (Å²) < 4.78 is 16.7. The van der Waals surface area contributed by atoms with Gasteiger partial charge in [0.25, 0.3) is 0 Å². The second-order valence-electron chi connectivity index (χ2n) is 9.04. The lowest BCUT2D eigenvalue weighted by Gasteiger charge is -2.22. The van der Waals surface area contributed by atoms with Gasteiger partial charge in [0.2, 0.25) is 5.13 Å². The standard InChI is InChI=1S/C31H32N6O5S2/c1-4-28(38)41-19-8-7-18-40-25-15-11-23(12-16-25)33-35-27-21-26-30(44-27)32-31(43-26)36-34-22-9-13-24(14-10-22)37(6-3)17-20-42-29(39)5-2/h4-5,9-16,21H,1-2,6-8,17-20H2,3H3. The quantitative estimate of drug-likeness (QED) is 0.0493. The van der Waals surface area contributed by atoms with Crippen molar-refractivity contribution in [3.8, 4) is 5.75 Å². The molecule has 0 aliphatic heterocycles. The average Bonchev–Trinajstić information content (AvgIpc) is 3.62. The van der Waals surface area contributed by atoms with Gasteiger partial charge in [-0.2, -0.15) is 0 Å². The summed E-state index contributed by atoms with van der Waals surface area (Å²) in [6.07, 6.45) is 3.79. The zero-order valence-corrected chi connectivity index (χ0v) is 25.9. The maximum absolute atomic E-state index is 11.3. The topological polar surface area (TPSA) is 127 Å². The van der Waals surface area contributed by atoms with Gasteiger partial charge in [0.05, 0.1) is 35.8 Å². The maximum Gasteiger partial charge on any atom is 0.330 e. The summed E-state index contributed by atoms with van der Waals surface area (Å²) in [5.74, 6) is -0.106. The summed E-state index contributed by atoms with van der Waals surface area (Å²) in [4.78, 5) is 29.8. The molecule has 0 bridgehead atoms. The van der Waals surface area contributed by atoms with Gasteiger partial charge >= 0.3 is 11.9 Å². The Morgan fingerprint density at radius 2 is 1.48 bits per heavy atom. The third-order valence-electron chi connectivity index (χ3n) is 6.00. The zero-order valence-electron chi connectivity index (χ0n) is 24.3. The number of aromatic nitrogens is 1. The van der Waals surface area contributed by atoms with Crippen LogP contribution >= 0.6 is 22.7 Å². The molecule has 0 unspecified atom stereocenters. The number of unbranched alkanes of at least 4 members (excludes halogenated alkanes) is 1. The first-order valence-corrected chi connectivity index (χ1v) is 15.5. The van der Waals surface area contributed by atoms with Crippen molar-refractivity contribution >= 4 is 71.3 Å². The van der Waals surface area contributed by atoms with Crippen LogP contribution < -0.4 is 9.64 Å². The number of benzene rings is 2. The molecule has 0 N–H and O–H groups in total. The van der Waals surface area contributed by atoms with Gasteiger partial charge in [0, 0.05) is 24.4 Å². The molecule has 0 saturated carbocycles. The van der Waals surface area contributed by atoms with E-state index in [0.29, 0.717) is 36.3 Å². The summed E-state index contributed by atoms with van der Waals surface area (Å²) in [5.41, 5.74) is 2.41. The minimum atomic E-state index is -0.427. The highest BCUT2D eigenvalue weighted by molar-refractivity contribution is 7.30. The molecular formula is C31H32N6O5S2. The number of carbonyl (C=O) groups excluding carboxylic acids is 2. The molecule has 4 rings (SSSR count). The normalized spacial score (nSPS) is 11.2. The van der Waals surface area contributed by atoms with Crippen LogP contribution in [0.1, 0.15) is 19.8 Å². The van der Waals surface area contributed by atoms with Gasteiger partial charge in [-0.1, -0.05) is 35.8 Å². The van der Waals surface area contributed by atoms with Crippen LogP contribution in [0.2, 0.25) is 0 Å². The first kappa shape index (κ1) is 32.2. The first-order chi connectivity index (χ1) is 21.5. The van der Waals surface area contributed by atoms with Crippen LogP contribution in [-0.4, -0.2) is 49.8 Å². The molecule has 0 radical (unpaired) electrons. The number of fused-ring (bicyclic) bond motifs is 1. The third-order valence-corrected chi connectivity index (χ3v) is 7.93. The Kier molecular flexibility index (Phi) is 12.3. The van der Waals surface area contributed by atoms with E-state index in [1.54, 1.807) is 0 Å². The lowest BCUT2D eigenvalue weighted by molar-refractivity contribution is -0.138. The van der Waals surface area contributed by atoms with Crippen LogP contribution in [0.4, 0.5) is 27.2 Å². The molecule has 2 heterocycles. The smallest absolute Gasteiger partial charge is 0.330 e. The number of azo groups is 2. The van der Waals surface area contributed by atoms with Crippen LogP contribution in [-0.2, 0) is 19.1 Å². The fraction of sp³-hybridized carbons (Fsp3) is 0.258. The summed E-state index contributed by atoms with van der Waals surface area (Å²) in [5, 5.41) is 18.6. The van der Waals surface area contributed by atoms with Gasteiger partial charge in [-0.15, -0.1) is 20.5 Å². The molecule has 228 valence electrons. The number of thiophene rings is 1. The Labute approximate surface area is 263 Å². The number of rotatable bonds is 17. The Bertz CT molecular complexity index is 1580. The molecule has 0 atom stereocenters. The van der Waals surface area contributed by atoms with E-state index < -0.39 is 11.9 Å². The Morgan fingerprint density at radius 3 is 2.14 bits per heavy atom. The lowest BCUT2D eigenvalue weighted by atomic mass is 10.2.